The van der Waals surface area contributed by atoms with Crippen molar-refractivity contribution in [3.63, 3.8) is 0 Å². The highest BCUT2D eigenvalue weighted by Gasteiger charge is 2.56. The van der Waals surface area contributed by atoms with Gasteiger partial charge in [-0.3, -0.25) is 9.89 Å². The van der Waals surface area contributed by atoms with Crippen molar-refractivity contribution < 1.29 is 10.0 Å². The van der Waals surface area contributed by atoms with Gasteiger partial charge in [0.25, 0.3) is 0 Å². The van der Waals surface area contributed by atoms with Crippen LogP contribution in [0.1, 0.15) is 24.8 Å². The Morgan fingerprint density at radius 3 is 2.94 bits per heavy atom. The third-order valence-electron chi connectivity index (χ3n) is 3.98. The van der Waals surface area contributed by atoms with E-state index in [0.717, 1.165) is 12.8 Å². The number of oxime groups is 1. The first-order valence-electron chi connectivity index (χ1n) is 6.04. The van der Waals surface area contributed by atoms with Crippen molar-refractivity contribution in [2.24, 2.45) is 28.6 Å². The number of amides is 1. The van der Waals surface area contributed by atoms with E-state index in [0.29, 0.717) is 23.2 Å². The summed E-state index contributed by atoms with van der Waals surface area (Å²) in [5.74, 6) is 1.55. The molecule has 1 amide bonds. The molecule has 5 N–H and O–H groups in total. The van der Waals surface area contributed by atoms with Crippen molar-refractivity contribution in [1.29, 1.82) is 0 Å². The molecule has 0 aromatic carbocycles. The van der Waals surface area contributed by atoms with Crippen LogP contribution in [-0.4, -0.2) is 27.1 Å². The molecule has 2 atom stereocenters. The molecule has 0 saturated heterocycles. The van der Waals surface area contributed by atoms with Crippen LogP contribution in [0.3, 0.4) is 0 Å². The van der Waals surface area contributed by atoms with Gasteiger partial charge in [-0.1, -0.05) is 11.6 Å². The monoisotopic (exact) mass is 249 g/mol. The summed E-state index contributed by atoms with van der Waals surface area (Å²) < 4.78 is 0. The minimum Gasteiger partial charge on any atom is -0.409 e. The van der Waals surface area contributed by atoms with Crippen LogP contribution >= 0.6 is 0 Å². The molecule has 1 heterocycles. The van der Waals surface area contributed by atoms with Crippen LogP contribution in [0.2, 0.25) is 0 Å². The Balaban J connectivity index is 1.70. The molecule has 2 saturated carbocycles. The lowest BCUT2D eigenvalue weighted by Crippen LogP contribution is -2.20. The molecule has 0 bridgehead atoms. The van der Waals surface area contributed by atoms with Crippen molar-refractivity contribution in [2.75, 3.05) is 5.32 Å². The molecule has 2 aliphatic rings. The number of amidine groups is 1. The molecule has 7 nitrogen and oxygen atoms in total. The van der Waals surface area contributed by atoms with Gasteiger partial charge < -0.3 is 16.3 Å². The largest absolute Gasteiger partial charge is 0.409 e. The average Bonchev–Trinajstić information content (AvgIpc) is 2.76. The van der Waals surface area contributed by atoms with E-state index in [4.69, 9.17) is 10.9 Å². The fourth-order valence-electron chi connectivity index (χ4n) is 3.05. The zero-order chi connectivity index (χ0) is 12.7. The SMILES string of the molecule is NC(=NO)c1cn[nH]c1NC(=O)C1C2CCCC21. The maximum atomic E-state index is 12.0. The second-order valence-electron chi connectivity index (χ2n) is 4.92. The summed E-state index contributed by atoms with van der Waals surface area (Å²) >= 11 is 0. The molecular weight excluding hydrogens is 234 g/mol. The van der Waals surface area contributed by atoms with Crippen molar-refractivity contribution in [3.8, 4) is 0 Å². The van der Waals surface area contributed by atoms with Crippen LogP contribution in [0, 0.1) is 17.8 Å². The molecular formula is C11H15N5O2. The molecule has 0 spiro atoms. The van der Waals surface area contributed by atoms with Crippen LogP contribution in [0.5, 0.6) is 0 Å². The molecule has 3 rings (SSSR count). The lowest BCUT2D eigenvalue weighted by atomic mass is 10.1. The molecule has 1 aromatic rings. The molecule has 7 heteroatoms. The first kappa shape index (κ1) is 11.1. The van der Waals surface area contributed by atoms with Crippen LogP contribution in [0.4, 0.5) is 5.82 Å². The van der Waals surface area contributed by atoms with Gasteiger partial charge in [-0.15, -0.1) is 0 Å². The van der Waals surface area contributed by atoms with E-state index >= 15 is 0 Å². The number of carbonyl (C=O) groups excluding carboxylic acids is 1. The zero-order valence-corrected chi connectivity index (χ0v) is 9.76. The van der Waals surface area contributed by atoms with E-state index in [9.17, 15) is 4.79 Å². The van der Waals surface area contributed by atoms with Crippen molar-refractivity contribution in [2.45, 2.75) is 19.3 Å². The Hall–Kier alpha value is -2.05. The Morgan fingerprint density at radius 2 is 2.28 bits per heavy atom. The standard InChI is InChI=1S/C11H15N5O2/c12-9(16-18)7-4-13-15-10(7)14-11(17)8-5-2-1-3-6(5)8/h4-6,8,18H,1-3H2,(H2,12,16)(H2,13,14,15,17). The van der Waals surface area contributed by atoms with Crippen molar-refractivity contribution >= 4 is 17.6 Å². The number of aromatic nitrogens is 2. The number of nitrogens with two attached hydrogens (primary N) is 1. The van der Waals surface area contributed by atoms with Gasteiger partial charge in [-0.2, -0.15) is 5.10 Å². The number of aromatic amines is 1. The Labute approximate surface area is 103 Å². The molecule has 18 heavy (non-hydrogen) atoms. The van der Waals surface area contributed by atoms with E-state index in [1.54, 1.807) is 0 Å². The van der Waals surface area contributed by atoms with Gasteiger partial charge in [-0.25, -0.2) is 0 Å². The molecule has 2 unspecified atom stereocenters. The quantitative estimate of drug-likeness (QED) is 0.270. The van der Waals surface area contributed by atoms with Crippen molar-refractivity contribution in [3.05, 3.63) is 11.8 Å². The van der Waals surface area contributed by atoms with E-state index in [1.807, 2.05) is 0 Å². The second-order valence-corrected chi connectivity index (χ2v) is 4.92. The molecule has 0 radical (unpaired) electrons. The van der Waals surface area contributed by atoms with E-state index < -0.39 is 0 Å². The first-order valence-corrected chi connectivity index (χ1v) is 6.04. The number of carbonyl (C=O) groups is 1. The summed E-state index contributed by atoms with van der Waals surface area (Å²) in [4.78, 5) is 12.0. The lowest BCUT2D eigenvalue weighted by Gasteiger charge is -2.06. The minimum absolute atomic E-state index is 0.000870. The summed E-state index contributed by atoms with van der Waals surface area (Å²) in [6.07, 6.45) is 4.95. The second kappa shape index (κ2) is 4.01. The summed E-state index contributed by atoms with van der Waals surface area (Å²) in [7, 11) is 0. The number of anilines is 1. The molecule has 2 fully saturated rings. The number of fused-ring (bicyclic) bond motifs is 1. The normalized spacial score (nSPS) is 30.0. The van der Waals surface area contributed by atoms with Gasteiger partial charge in [0.15, 0.2) is 5.84 Å². The van der Waals surface area contributed by atoms with Crippen LogP contribution in [0.15, 0.2) is 11.4 Å². The summed E-state index contributed by atoms with van der Waals surface area (Å²) in [5.41, 5.74) is 5.89. The molecule has 0 aliphatic heterocycles. The highest BCUT2D eigenvalue weighted by molar-refractivity contribution is 6.05. The molecule has 2 aliphatic carbocycles. The lowest BCUT2D eigenvalue weighted by molar-refractivity contribution is -0.118. The van der Waals surface area contributed by atoms with Crippen LogP contribution < -0.4 is 11.1 Å². The smallest absolute Gasteiger partial charge is 0.229 e. The van der Waals surface area contributed by atoms with Crippen LogP contribution in [-0.2, 0) is 4.79 Å². The summed E-state index contributed by atoms with van der Waals surface area (Å²) in [6.45, 7) is 0. The number of nitrogens with one attached hydrogen (secondary N) is 2. The average molecular weight is 249 g/mol. The van der Waals surface area contributed by atoms with Gasteiger partial charge in [-0.05, 0) is 24.7 Å². The van der Waals surface area contributed by atoms with E-state index in [-0.39, 0.29) is 17.7 Å². The number of nitrogens with zero attached hydrogens (tertiary/aromatic N) is 2. The molecule has 1 aromatic heterocycles. The predicted molar refractivity (Wildman–Crippen MR) is 64.0 cm³/mol. The van der Waals surface area contributed by atoms with Gasteiger partial charge >= 0.3 is 0 Å². The number of H-pyrrole nitrogens is 1. The fraction of sp³-hybridized carbons (Fsp3) is 0.545. The number of hydrogen-bond acceptors (Lipinski definition) is 4. The highest BCUT2D eigenvalue weighted by atomic mass is 16.4. The van der Waals surface area contributed by atoms with E-state index in [1.165, 1.54) is 12.6 Å². The Bertz CT molecular complexity index is 499. The van der Waals surface area contributed by atoms with Crippen LogP contribution in [0.25, 0.3) is 0 Å². The van der Waals surface area contributed by atoms with Gasteiger partial charge in [0.05, 0.1) is 11.8 Å². The summed E-state index contributed by atoms with van der Waals surface area (Å²) in [6, 6.07) is 0. The number of hydrogen-bond donors (Lipinski definition) is 4. The topological polar surface area (TPSA) is 116 Å². The Morgan fingerprint density at radius 1 is 1.56 bits per heavy atom. The minimum atomic E-state index is -0.0740. The third-order valence-corrected chi connectivity index (χ3v) is 3.98. The fourth-order valence-corrected chi connectivity index (χ4v) is 3.05. The highest BCUT2D eigenvalue weighted by Crippen LogP contribution is 2.57. The zero-order valence-electron chi connectivity index (χ0n) is 9.76. The maximum Gasteiger partial charge on any atom is 0.229 e. The number of rotatable bonds is 3. The van der Waals surface area contributed by atoms with Gasteiger partial charge in [0.2, 0.25) is 5.91 Å². The summed E-state index contributed by atoms with van der Waals surface area (Å²) in [5, 5.41) is 20.7. The maximum absolute atomic E-state index is 12.0. The van der Waals surface area contributed by atoms with Crippen molar-refractivity contribution in [1.82, 2.24) is 10.2 Å². The molecule has 96 valence electrons. The predicted octanol–water partition coefficient (Wildman–Crippen LogP) is 0.489. The van der Waals surface area contributed by atoms with Gasteiger partial charge in [0.1, 0.15) is 5.82 Å². The first-order chi connectivity index (χ1) is 8.72. The van der Waals surface area contributed by atoms with Gasteiger partial charge in [0, 0.05) is 5.92 Å². The van der Waals surface area contributed by atoms with E-state index in [2.05, 4.69) is 20.7 Å². The Kier molecular flexibility index (Phi) is 2.46. The third kappa shape index (κ3) is 1.62.